The molecule has 0 aliphatic rings. The van der Waals surface area contributed by atoms with Crippen LogP contribution in [0.15, 0.2) is 12.7 Å². The van der Waals surface area contributed by atoms with Gasteiger partial charge in [-0.1, -0.05) is 0 Å². The van der Waals surface area contributed by atoms with Gasteiger partial charge in [-0.3, -0.25) is 0 Å². The zero-order chi connectivity index (χ0) is 15.1. The van der Waals surface area contributed by atoms with Gasteiger partial charge in [0.05, 0.1) is 0 Å². The summed E-state index contributed by atoms with van der Waals surface area (Å²) in [7, 11) is 0. The molecule has 0 fully saturated rings. The van der Waals surface area contributed by atoms with Gasteiger partial charge in [-0.05, 0) is 32.3 Å². The van der Waals surface area contributed by atoms with Crippen molar-refractivity contribution in [2.45, 2.75) is 26.3 Å². The van der Waals surface area contributed by atoms with E-state index >= 15 is 0 Å². The van der Waals surface area contributed by atoms with Gasteiger partial charge in [0.2, 0.25) is 11.9 Å². The topological polar surface area (TPSA) is 93.4 Å². The molecule has 1 atom stereocenters. The van der Waals surface area contributed by atoms with Crippen LogP contribution in [-0.4, -0.2) is 54.3 Å². The number of rotatable bonds is 8. The van der Waals surface area contributed by atoms with Crippen molar-refractivity contribution in [2.75, 3.05) is 29.2 Å². The number of hydrogen-bond acceptors (Lipinski definition) is 8. The second-order valence-electron chi connectivity index (χ2n) is 4.48. The van der Waals surface area contributed by atoms with E-state index in [2.05, 4.69) is 48.8 Å². The summed E-state index contributed by atoms with van der Waals surface area (Å²) in [6, 6.07) is 0.290. The molecule has 0 aliphatic heterocycles. The number of nitrogens with zero attached hydrogens (tertiary/aromatic N) is 6. The zero-order valence-corrected chi connectivity index (χ0v) is 13.3. The van der Waals surface area contributed by atoms with Gasteiger partial charge in [0.15, 0.2) is 0 Å². The molecule has 0 spiro atoms. The van der Waals surface area contributed by atoms with E-state index in [1.807, 2.05) is 18.7 Å². The second-order valence-corrected chi connectivity index (χ2v) is 5.47. The smallest absolute Gasteiger partial charge is 0.258 e. The molecule has 0 aliphatic carbocycles. The normalized spacial score (nSPS) is 12.1. The van der Waals surface area contributed by atoms with Gasteiger partial charge in [-0.15, -0.1) is 0 Å². The van der Waals surface area contributed by atoms with E-state index < -0.39 is 0 Å². The minimum Gasteiger partial charge on any atom is -0.354 e. The Balaban J connectivity index is 2.19. The highest BCUT2D eigenvalue weighted by Gasteiger charge is 2.10. The third-order valence-electron chi connectivity index (χ3n) is 2.71. The van der Waals surface area contributed by atoms with Crippen molar-refractivity contribution in [2.24, 2.45) is 0 Å². The van der Waals surface area contributed by atoms with Crippen LogP contribution in [0.3, 0.4) is 0 Å². The fourth-order valence-corrected chi connectivity index (χ4v) is 2.26. The Morgan fingerprint density at radius 3 is 2.76 bits per heavy atom. The van der Waals surface area contributed by atoms with Crippen LogP contribution in [0.2, 0.25) is 0 Å². The molecule has 0 radical (unpaired) electrons. The van der Waals surface area contributed by atoms with Crippen LogP contribution in [0.1, 0.15) is 20.3 Å². The summed E-state index contributed by atoms with van der Waals surface area (Å²) in [6.45, 7) is 4.84. The lowest BCUT2D eigenvalue weighted by Gasteiger charge is -2.14. The van der Waals surface area contributed by atoms with Crippen molar-refractivity contribution in [3.63, 3.8) is 0 Å². The molecule has 114 valence electrons. The van der Waals surface area contributed by atoms with Crippen LogP contribution in [0.25, 0.3) is 5.95 Å². The summed E-state index contributed by atoms with van der Waals surface area (Å²) in [4.78, 5) is 17.0. The van der Waals surface area contributed by atoms with Crippen LogP contribution < -0.4 is 10.6 Å². The summed E-state index contributed by atoms with van der Waals surface area (Å²) in [5.74, 6) is 2.60. The number of hydrogen-bond donors (Lipinski definition) is 2. The summed E-state index contributed by atoms with van der Waals surface area (Å²) >= 11 is 1.83. The van der Waals surface area contributed by atoms with Crippen molar-refractivity contribution < 1.29 is 0 Å². The van der Waals surface area contributed by atoms with Crippen LogP contribution in [0.5, 0.6) is 0 Å². The molecule has 9 heteroatoms. The molecule has 21 heavy (non-hydrogen) atoms. The molecular formula is C12H20N8S. The van der Waals surface area contributed by atoms with Gasteiger partial charge < -0.3 is 10.6 Å². The molecule has 2 N–H and O–H groups in total. The minimum atomic E-state index is 0.290. The Bertz CT molecular complexity index is 544. The number of aromatic nitrogens is 6. The minimum absolute atomic E-state index is 0.290. The quantitative estimate of drug-likeness (QED) is 0.756. The van der Waals surface area contributed by atoms with E-state index in [-0.39, 0.29) is 6.04 Å². The van der Waals surface area contributed by atoms with Gasteiger partial charge in [-0.2, -0.15) is 36.5 Å². The lowest BCUT2D eigenvalue weighted by atomic mass is 10.3. The van der Waals surface area contributed by atoms with E-state index in [9.17, 15) is 0 Å². The molecule has 0 saturated heterocycles. The maximum atomic E-state index is 4.39. The average Bonchev–Trinajstić information content (AvgIpc) is 2.99. The molecule has 0 aromatic carbocycles. The standard InChI is InChI=1S/C12H20N8S/c1-4-14-10-17-11(16-9(2)5-6-21-3)19-12(18-10)20-8-13-7-15-20/h7-9H,4-6H2,1-3H3,(H2,14,16,17,18,19). The van der Waals surface area contributed by atoms with Gasteiger partial charge in [-0.25, -0.2) is 4.98 Å². The molecule has 0 amide bonds. The first kappa shape index (κ1) is 15.5. The first-order valence-corrected chi connectivity index (χ1v) is 8.22. The van der Waals surface area contributed by atoms with Crippen LogP contribution in [-0.2, 0) is 0 Å². The largest absolute Gasteiger partial charge is 0.354 e. The summed E-state index contributed by atoms with van der Waals surface area (Å²) < 4.78 is 1.51. The second kappa shape index (κ2) is 7.77. The summed E-state index contributed by atoms with van der Waals surface area (Å²) in [6.07, 6.45) is 6.15. The molecule has 0 saturated carbocycles. The molecule has 8 nitrogen and oxygen atoms in total. The average molecular weight is 308 g/mol. The Morgan fingerprint density at radius 1 is 1.29 bits per heavy atom. The van der Waals surface area contributed by atoms with Crippen LogP contribution in [0.4, 0.5) is 11.9 Å². The van der Waals surface area contributed by atoms with Crippen molar-refractivity contribution in [3.05, 3.63) is 12.7 Å². The number of thioether (sulfide) groups is 1. The molecule has 1 unspecified atom stereocenters. The van der Waals surface area contributed by atoms with Gasteiger partial charge in [0.1, 0.15) is 12.7 Å². The van der Waals surface area contributed by atoms with Crippen LogP contribution in [0, 0.1) is 0 Å². The third kappa shape index (κ3) is 4.55. The van der Waals surface area contributed by atoms with E-state index in [0.717, 1.165) is 18.7 Å². The van der Waals surface area contributed by atoms with E-state index in [4.69, 9.17) is 0 Å². The van der Waals surface area contributed by atoms with Gasteiger partial charge in [0.25, 0.3) is 5.95 Å². The summed E-state index contributed by atoms with van der Waals surface area (Å²) in [5, 5.41) is 10.5. The Morgan fingerprint density at radius 2 is 2.10 bits per heavy atom. The highest BCUT2D eigenvalue weighted by molar-refractivity contribution is 7.98. The van der Waals surface area contributed by atoms with Gasteiger partial charge in [0, 0.05) is 12.6 Å². The highest BCUT2D eigenvalue weighted by Crippen LogP contribution is 2.11. The predicted molar refractivity (Wildman–Crippen MR) is 85.0 cm³/mol. The zero-order valence-electron chi connectivity index (χ0n) is 12.4. The maximum absolute atomic E-state index is 4.39. The third-order valence-corrected chi connectivity index (χ3v) is 3.36. The lowest BCUT2D eigenvalue weighted by Crippen LogP contribution is -2.20. The molecule has 2 aromatic rings. The first-order chi connectivity index (χ1) is 10.2. The van der Waals surface area contributed by atoms with E-state index in [1.54, 1.807) is 6.33 Å². The van der Waals surface area contributed by atoms with Crippen molar-refractivity contribution in [1.82, 2.24) is 29.7 Å². The summed E-state index contributed by atoms with van der Waals surface area (Å²) in [5.41, 5.74) is 0. The van der Waals surface area contributed by atoms with E-state index in [1.165, 1.54) is 11.0 Å². The number of nitrogens with one attached hydrogen (secondary N) is 2. The Hall–Kier alpha value is -1.90. The number of anilines is 2. The Kier molecular flexibility index (Phi) is 5.73. The molecule has 0 bridgehead atoms. The Labute approximate surface area is 128 Å². The maximum Gasteiger partial charge on any atom is 0.258 e. The van der Waals surface area contributed by atoms with Crippen molar-refractivity contribution >= 4 is 23.7 Å². The SMILES string of the molecule is CCNc1nc(NC(C)CCSC)nc(-n2cncn2)n1. The van der Waals surface area contributed by atoms with Crippen molar-refractivity contribution in [3.8, 4) is 5.95 Å². The van der Waals surface area contributed by atoms with E-state index in [0.29, 0.717) is 17.8 Å². The van der Waals surface area contributed by atoms with Gasteiger partial charge >= 0.3 is 0 Å². The molecule has 2 aromatic heterocycles. The monoisotopic (exact) mass is 308 g/mol. The first-order valence-electron chi connectivity index (χ1n) is 6.83. The molecule has 2 heterocycles. The van der Waals surface area contributed by atoms with Crippen LogP contribution >= 0.6 is 11.8 Å². The molecule has 2 rings (SSSR count). The fraction of sp³-hybridized carbons (Fsp3) is 0.583. The molecular weight excluding hydrogens is 288 g/mol. The predicted octanol–water partition coefficient (Wildman–Crippen LogP) is 1.44. The van der Waals surface area contributed by atoms with Crippen molar-refractivity contribution in [1.29, 1.82) is 0 Å². The fourth-order valence-electron chi connectivity index (χ4n) is 1.67. The highest BCUT2D eigenvalue weighted by atomic mass is 32.2. The lowest BCUT2D eigenvalue weighted by molar-refractivity contribution is 0.745.